The maximum Gasteiger partial charge on any atom is 0.242 e. The number of halogens is 1. The maximum atomic E-state index is 13.1. The topological polar surface area (TPSA) is 90.0 Å². The van der Waals surface area contributed by atoms with E-state index in [1.54, 1.807) is 18.2 Å². The number of carbonyl (C=O) groups excluding carboxylic acids is 2. The van der Waals surface area contributed by atoms with Crippen molar-refractivity contribution in [1.29, 1.82) is 0 Å². The maximum absolute atomic E-state index is 13.1. The summed E-state index contributed by atoms with van der Waals surface area (Å²) in [6, 6.07) is 10.1. The summed E-state index contributed by atoms with van der Waals surface area (Å²) in [7, 11) is -1.81. The minimum Gasteiger partial charge on any atom is -0.333 e. The first kappa shape index (κ1) is 23.7. The van der Waals surface area contributed by atoms with Gasteiger partial charge in [0.15, 0.2) is 0 Å². The van der Waals surface area contributed by atoms with Crippen LogP contribution in [0.1, 0.15) is 25.7 Å². The van der Waals surface area contributed by atoms with Crippen LogP contribution in [-0.2, 0) is 19.6 Å². The highest BCUT2D eigenvalue weighted by Gasteiger charge is 2.42. The summed E-state index contributed by atoms with van der Waals surface area (Å²) in [5.41, 5.74) is 0. The van der Waals surface area contributed by atoms with Gasteiger partial charge in [-0.25, -0.2) is 8.42 Å². The van der Waals surface area contributed by atoms with Gasteiger partial charge in [-0.3, -0.25) is 9.59 Å². The molecule has 5 rings (SSSR count). The number of carbonyl (C=O) groups is 2. The lowest BCUT2D eigenvalue weighted by atomic mass is 10.1. The number of fused-ring (bicyclic) bond motifs is 3. The summed E-state index contributed by atoms with van der Waals surface area (Å²) in [5, 5.41) is 1.72. The molecule has 3 aliphatic heterocycles. The Kier molecular flexibility index (Phi) is 6.43. The summed E-state index contributed by atoms with van der Waals surface area (Å²) < 4.78 is 29.7. The van der Waals surface area contributed by atoms with E-state index in [1.165, 1.54) is 4.90 Å². The molecule has 2 bridgehead atoms. The largest absolute Gasteiger partial charge is 0.333 e. The van der Waals surface area contributed by atoms with Gasteiger partial charge in [0.05, 0.1) is 11.4 Å². The van der Waals surface area contributed by atoms with E-state index >= 15 is 0 Å². The molecular weight excluding hydrogens is 520 g/mol. The van der Waals surface area contributed by atoms with Gasteiger partial charge in [-0.05, 0) is 67.8 Å². The molecule has 3 fully saturated rings. The van der Waals surface area contributed by atoms with E-state index in [2.05, 4.69) is 32.6 Å². The molecule has 1 N–H and O–H groups in total. The molecule has 2 unspecified atom stereocenters. The van der Waals surface area contributed by atoms with Crippen molar-refractivity contribution in [3.63, 3.8) is 0 Å². The average molecular weight is 549 g/mol. The quantitative estimate of drug-likeness (QED) is 0.618. The van der Waals surface area contributed by atoms with E-state index in [4.69, 9.17) is 0 Å². The molecular formula is C24H29BrN4O4S. The zero-order chi connectivity index (χ0) is 24.0. The molecule has 0 radical (unpaired) electrons. The van der Waals surface area contributed by atoms with Crippen molar-refractivity contribution in [2.24, 2.45) is 0 Å². The van der Waals surface area contributed by atoms with E-state index in [0.717, 1.165) is 41.2 Å². The Morgan fingerprint density at radius 3 is 2.47 bits per heavy atom. The number of rotatable bonds is 5. The van der Waals surface area contributed by atoms with Crippen molar-refractivity contribution < 1.29 is 18.0 Å². The normalized spacial score (nSPS) is 25.8. The fraction of sp³-hybridized carbons (Fsp3) is 0.500. The molecule has 2 amide bonds. The van der Waals surface area contributed by atoms with Crippen LogP contribution in [0.25, 0.3) is 10.8 Å². The van der Waals surface area contributed by atoms with Gasteiger partial charge in [0.1, 0.15) is 6.04 Å². The van der Waals surface area contributed by atoms with Crippen LogP contribution >= 0.6 is 15.9 Å². The van der Waals surface area contributed by atoms with Crippen molar-refractivity contribution in [2.75, 3.05) is 33.2 Å². The highest BCUT2D eigenvalue weighted by Crippen LogP contribution is 2.30. The van der Waals surface area contributed by atoms with Crippen LogP contribution in [0, 0.1) is 0 Å². The number of piperidine rings is 1. The minimum atomic E-state index is -3.89. The van der Waals surface area contributed by atoms with Crippen molar-refractivity contribution >= 4 is 48.5 Å². The molecule has 0 aromatic heterocycles. The Hall–Kier alpha value is -2.01. The second-order valence-electron chi connectivity index (χ2n) is 9.64. The van der Waals surface area contributed by atoms with Gasteiger partial charge < -0.3 is 14.7 Å². The van der Waals surface area contributed by atoms with Crippen molar-refractivity contribution in [3.8, 4) is 0 Å². The average Bonchev–Trinajstić information content (AvgIpc) is 3.07. The number of likely N-dealkylation sites (tertiary alicyclic amines) is 2. The Morgan fingerprint density at radius 2 is 1.74 bits per heavy atom. The predicted molar refractivity (Wildman–Crippen MR) is 133 cm³/mol. The van der Waals surface area contributed by atoms with E-state index in [1.807, 2.05) is 23.1 Å². The lowest BCUT2D eigenvalue weighted by molar-refractivity contribution is -0.146. The summed E-state index contributed by atoms with van der Waals surface area (Å²) in [6.45, 7) is 2.21. The second-order valence-corrected chi connectivity index (χ2v) is 12.3. The molecule has 182 valence electrons. The Balaban J connectivity index is 1.27. The molecule has 3 atom stereocenters. The lowest BCUT2D eigenvalue weighted by Crippen LogP contribution is -2.59. The highest BCUT2D eigenvalue weighted by atomic mass is 79.9. The van der Waals surface area contributed by atoms with Crippen molar-refractivity contribution in [2.45, 2.75) is 48.7 Å². The zero-order valence-electron chi connectivity index (χ0n) is 19.1. The first-order valence-electron chi connectivity index (χ1n) is 11.7. The number of amides is 2. The first-order valence-corrected chi connectivity index (χ1v) is 14.0. The third kappa shape index (κ3) is 4.60. The number of nitrogens with zero attached hydrogens (tertiary/aromatic N) is 3. The SMILES string of the molecule is CN1CC2CCC(C1)N2C(=O)CN1CCC[C@H](NS(=O)(=O)c2ccc3cc(Br)ccc3c2)C1=O. The monoisotopic (exact) mass is 548 g/mol. The van der Waals surface area contributed by atoms with Crippen LogP contribution in [0.15, 0.2) is 45.8 Å². The molecule has 34 heavy (non-hydrogen) atoms. The van der Waals surface area contributed by atoms with Crippen LogP contribution in [0.5, 0.6) is 0 Å². The zero-order valence-corrected chi connectivity index (χ0v) is 21.5. The van der Waals surface area contributed by atoms with Crippen molar-refractivity contribution in [3.05, 3.63) is 40.9 Å². The van der Waals surface area contributed by atoms with Gasteiger partial charge in [0.25, 0.3) is 0 Å². The number of piperazine rings is 1. The Bertz CT molecular complexity index is 1220. The number of likely N-dealkylation sites (N-methyl/N-ethyl adjacent to an activating group) is 1. The number of hydrogen-bond donors (Lipinski definition) is 1. The fourth-order valence-corrected chi connectivity index (χ4v) is 7.23. The van der Waals surface area contributed by atoms with Gasteiger partial charge in [0.2, 0.25) is 21.8 Å². The van der Waals surface area contributed by atoms with E-state index < -0.39 is 16.1 Å². The summed E-state index contributed by atoms with van der Waals surface area (Å²) in [4.78, 5) is 32.1. The predicted octanol–water partition coefficient (Wildman–Crippen LogP) is 2.18. The standard InChI is InChI=1S/C24H29BrN4O4S/c1-27-13-19-7-8-20(14-27)29(19)23(30)15-28-10-2-3-22(24(28)31)26-34(32,33)21-9-5-16-11-18(25)6-4-17(16)12-21/h4-6,9,11-12,19-20,22,26H,2-3,7-8,10,13-15H2,1H3/t19?,20?,22-/m0/s1. The first-order chi connectivity index (χ1) is 16.2. The lowest BCUT2D eigenvalue weighted by Gasteiger charge is -2.41. The molecule has 2 aromatic rings. The number of nitrogens with one attached hydrogen (secondary N) is 1. The number of sulfonamides is 1. The van der Waals surface area contributed by atoms with Crippen LogP contribution in [0.3, 0.4) is 0 Å². The van der Waals surface area contributed by atoms with E-state index in [0.29, 0.717) is 19.4 Å². The molecule has 3 saturated heterocycles. The van der Waals surface area contributed by atoms with Gasteiger partial charge in [-0.15, -0.1) is 0 Å². The summed E-state index contributed by atoms with van der Waals surface area (Å²) in [6.07, 6.45) is 3.07. The second kappa shape index (κ2) is 9.22. The molecule has 0 aliphatic carbocycles. The molecule has 3 heterocycles. The van der Waals surface area contributed by atoms with E-state index in [-0.39, 0.29) is 35.3 Å². The Morgan fingerprint density at radius 1 is 1.06 bits per heavy atom. The van der Waals surface area contributed by atoms with Gasteiger partial charge in [0, 0.05) is 36.2 Å². The van der Waals surface area contributed by atoms with Crippen LogP contribution in [0.4, 0.5) is 0 Å². The van der Waals surface area contributed by atoms with Gasteiger partial charge in [-0.2, -0.15) is 4.72 Å². The van der Waals surface area contributed by atoms with Crippen molar-refractivity contribution in [1.82, 2.24) is 19.4 Å². The Labute approximate surface area is 208 Å². The molecule has 8 nitrogen and oxygen atoms in total. The number of benzene rings is 2. The highest BCUT2D eigenvalue weighted by molar-refractivity contribution is 9.10. The van der Waals surface area contributed by atoms with Gasteiger partial charge in [-0.1, -0.05) is 28.1 Å². The third-order valence-electron chi connectivity index (χ3n) is 7.19. The van der Waals surface area contributed by atoms with Crippen LogP contribution < -0.4 is 4.72 Å². The molecule has 10 heteroatoms. The van der Waals surface area contributed by atoms with Crippen LogP contribution in [0.2, 0.25) is 0 Å². The summed E-state index contributed by atoms with van der Waals surface area (Å²) >= 11 is 3.42. The van der Waals surface area contributed by atoms with Gasteiger partial charge >= 0.3 is 0 Å². The summed E-state index contributed by atoms with van der Waals surface area (Å²) in [5.74, 6) is -0.354. The van der Waals surface area contributed by atoms with E-state index in [9.17, 15) is 18.0 Å². The molecule has 0 spiro atoms. The molecule has 2 aromatic carbocycles. The smallest absolute Gasteiger partial charge is 0.242 e. The minimum absolute atomic E-state index is 0.0125. The molecule has 0 saturated carbocycles. The third-order valence-corrected chi connectivity index (χ3v) is 9.15. The van der Waals surface area contributed by atoms with Crippen LogP contribution in [-0.4, -0.2) is 86.3 Å². The molecule has 3 aliphatic rings. The fourth-order valence-electron chi connectivity index (χ4n) is 5.59. The number of hydrogen-bond acceptors (Lipinski definition) is 5.